The molecular weight excluding hydrogens is 262 g/mol. The van der Waals surface area contributed by atoms with Crippen LogP contribution in [0.25, 0.3) is 0 Å². The van der Waals surface area contributed by atoms with Crippen molar-refractivity contribution < 1.29 is 9.53 Å². The Hall–Kier alpha value is -2.13. The third kappa shape index (κ3) is 2.98. The molecule has 1 aliphatic rings. The molecule has 2 aromatic carbocycles. The maximum atomic E-state index is 12.3. The zero-order valence-electron chi connectivity index (χ0n) is 12.2. The fourth-order valence-corrected chi connectivity index (χ4v) is 2.45. The monoisotopic (exact) mass is 281 g/mol. The van der Waals surface area contributed by atoms with Crippen LogP contribution in [-0.2, 0) is 9.53 Å². The summed E-state index contributed by atoms with van der Waals surface area (Å²) < 4.78 is 5.78. The van der Waals surface area contributed by atoms with Crippen LogP contribution < -0.4 is 5.32 Å². The van der Waals surface area contributed by atoms with Crippen LogP contribution >= 0.6 is 0 Å². The summed E-state index contributed by atoms with van der Waals surface area (Å²) in [4.78, 5) is 12.3. The lowest BCUT2D eigenvalue weighted by Gasteiger charge is -2.19. The summed E-state index contributed by atoms with van der Waals surface area (Å²) in [6.07, 6.45) is -0.363. The van der Waals surface area contributed by atoms with E-state index in [1.807, 2.05) is 74.5 Å². The second kappa shape index (κ2) is 5.34. The van der Waals surface area contributed by atoms with Crippen molar-refractivity contribution in [2.45, 2.75) is 31.5 Å². The van der Waals surface area contributed by atoms with Gasteiger partial charge < -0.3 is 4.74 Å². The topological polar surface area (TPSA) is 48.2 Å². The van der Waals surface area contributed by atoms with Crippen molar-refractivity contribution in [2.24, 2.45) is 0 Å². The predicted molar refractivity (Wildman–Crippen MR) is 81.8 cm³/mol. The Balaban J connectivity index is 1.85. The molecule has 2 aromatic rings. The van der Waals surface area contributed by atoms with Crippen molar-refractivity contribution in [1.82, 2.24) is 5.32 Å². The molecule has 21 heavy (non-hydrogen) atoms. The molecular formula is C18H19NO2. The molecule has 0 spiro atoms. The quantitative estimate of drug-likeness (QED) is 0.692. The van der Waals surface area contributed by atoms with E-state index < -0.39 is 0 Å². The van der Waals surface area contributed by atoms with Crippen molar-refractivity contribution in [2.75, 3.05) is 0 Å². The molecule has 1 N–H and O–H groups in total. The van der Waals surface area contributed by atoms with Crippen LogP contribution in [0.2, 0.25) is 0 Å². The molecule has 3 rings (SSSR count). The molecule has 108 valence electrons. The van der Waals surface area contributed by atoms with Crippen LogP contribution in [0.15, 0.2) is 60.7 Å². The minimum atomic E-state index is -0.363. The zero-order chi connectivity index (χ0) is 14.9. The average Bonchev–Trinajstić information content (AvgIpc) is 3.15. The van der Waals surface area contributed by atoms with Gasteiger partial charge in [-0.2, -0.15) is 0 Å². The van der Waals surface area contributed by atoms with Crippen molar-refractivity contribution in [3.8, 4) is 0 Å². The second-order valence-corrected chi connectivity index (χ2v) is 5.94. The van der Waals surface area contributed by atoms with E-state index in [4.69, 9.17) is 4.74 Å². The number of hydrogen-bond donors (Lipinski definition) is 1. The first-order chi connectivity index (χ1) is 10.1. The number of esters is 1. The number of benzene rings is 2. The lowest BCUT2D eigenvalue weighted by Crippen LogP contribution is -2.21. The van der Waals surface area contributed by atoms with E-state index >= 15 is 0 Å². The summed E-state index contributed by atoms with van der Waals surface area (Å²) in [5, 5.41) is 3.14. The Morgan fingerprint density at radius 1 is 1.00 bits per heavy atom. The Kier molecular flexibility index (Phi) is 3.52. The van der Waals surface area contributed by atoms with Crippen LogP contribution in [0.4, 0.5) is 0 Å². The molecule has 1 aliphatic heterocycles. The summed E-state index contributed by atoms with van der Waals surface area (Å²) in [6, 6.07) is 19.5. The Morgan fingerprint density at radius 2 is 1.43 bits per heavy atom. The number of rotatable bonds is 4. The summed E-state index contributed by atoms with van der Waals surface area (Å²) in [5.74, 6) is -0.197. The molecule has 1 saturated heterocycles. The normalized spacial score (nSPS) is 19.3. The maximum Gasteiger partial charge on any atom is 0.326 e. The number of carbonyl (C=O) groups excluding carboxylic acids is 1. The molecule has 0 bridgehead atoms. The standard InChI is InChI=1S/C18H19NO2/c1-18(2)16(19-18)17(20)21-15(13-9-5-3-6-10-13)14-11-7-4-8-12-14/h3-12,15-16,19H,1-2H3/t16-/m1/s1. The molecule has 3 nitrogen and oxygen atoms in total. The van der Waals surface area contributed by atoms with Gasteiger partial charge in [0.1, 0.15) is 6.04 Å². The van der Waals surface area contributed by atoms with E-state index in [-0.39, 0.29) is 23.7 Å². The number of carbonyl (C=O) groups is 1. The minimum absolute atomic E-state index is 0.158. The first-order valence-electron chi connectivity index (χ1n) is 7.16. The Morgan fingerprint density at radius 3 is 1.81 bits per heavy atom. The minimum Gasteiger partial charge on any atom is -0.451 e. The fourth-order valence-electron chi connectivity index (χ4n) is 2.45. The van der Waals surface area contributed by atoms with Crippen LogP contribution in [0.1, 0.15) is 31.1 Å². The predicted octanol–water partition coefficient (Wildman–Crippen LogP) is 3.07. The van der Waals surface area contributed by atoms with Crippen LogP contribution in [0, 0.1) is 0 Å². The largest absolute Gasteiger partial charge is 0.451 e. The van der Waals surface area contributed by atoms with Crippen molar-refractivity contribution in [3.63, 3.8) is 0 Å². The van der Waals surface area contributed by atoms with Crippen LogP contribution in [0.5, 0.6) is 0 Å². The van der Waals surface area contributed by atoms with Gasteiger partial charge in [0.25, 0.3) is 0 Å². The SMILES string of the molecule is CC1(C)N[C@@H]1C(=O)OC(c1ccccc1)c1ccccc1. The van der Waals surface area contributed by atoms with Gasteiger partial charge in [0.2, 0.25) is 0 Å². The molecule has 1 fully saturated rings. The van der Waals surface area contributed by atoms with Crippen molar-refractivity contribution in [3.05, 3.63) is 71.8 Å². The number of ether oxygens (including phenoxy) is 1. The highest BCUT2D eigenvalue weighted by molar-refractivity contribution is 5.82. The molecule has 0 aliphatic carbocycles. The molecule has 0 aromatic heterocycles. The van der Waals surface area contributed by atoms with Gasteiger partial charge in [0, 0.05) is 5.54 Å². The van der Waals surface area contributed by atoms with Crippen molar-refractivity contribution in [1.29, 1.82) is 0 Å². The van der Waals surface area contributed by atoms with E-state index in [0.717, 1.165) is 11.1 Å². The Bertz CT molecular complexity index is 583. The molecule has 0 saturated carbocycles. The molecule has 0 amide bonds. The van der Waals surface area contributed by atoms with Crippen LogP contribution in [-0.4, -0.2) is 17.6 Å². The summed E-state index contributed by atoms with van der Waals surface area (Å²) in [5.41, 5.74) is 1.81. The lowest BCUT2D eigenvalue weighted by molar-refractivity contribution is -0.147. The van der Waals surface area contributed by atoms with E-state index in [9.17, 15) is 4.79 Å². The van der Waals surface area contributed by atoms with Crippen LogP contribution in [0.3, 0.4) is 0 Å². The van der Waals surface area contributed by atoms with Gasteiger partial charge in [-0.3, -0.25) is 10.1 Å². The van der Waals surface area contributed by atoms with E-state index in [1.54, 1.807) is 0 Å². The van der Waals surface area contributed by atoms with Gasteiger partial charge in [-0.15, -0.1) is 0 Å². The highest BCUT2D eigenvalue weighted by Crippen LogP contribution is 2.31. The highest BCUT2D eigenvalue weighted by Gasteiger charge is 2.51. The molecule has 0 unspecified atom stereocenters. The third-order valence-corrected chi connectivity index (χ3v) is 3.83. The second-order valence-electron chi connectivity index (χ2n) is 5.94. The molecule has 1 heterocycles. The van der Waals surface area contributed by atoms with Gasteiger partial charge in [0.15, 0.2) is 6.10 Å². The van der Waals surface area contributed by atoms with E-state index in [1.165, 1.54) is 0 Å². The van der Waals surface area contributed by atoms with Gasteiger partial charge in [-0.25, -0.2) is 0 Å². The van der Waals surface area contributed by atoms with E-state index in [2.05, 4.69) is 5.32 Å². The summed E-state index contributed by atoms with van der Waals surface area (Å²) in [7, 11) is 0. The summed E-state index contributed by atoms with van der Waals surface area (Å²) in [6.45, 7) is 4.00. The smallest absolute Gasteiger partial charge is 0.326 e. The number of nitrogens with one attached hydrogen (secondary N) is 1. The van der Waals surface area contributed by atoms with Gasteiger partial charge in [-0.05, 0) is 25.0 Å². The molecule has 3 heteroatoms. The molecule has 1 atom stereocenters. The van der Waals surface area contributed by atoms with Gasteiger partial charge in [-0.1, -0.05) is 60.7 Å². The Labute approximate surface area is 124 Å². The molecule has 0 radical (unpaired) electrons. The summed E-state index contributed by atoms with van der Waals surface area (Å²) >= 11 is 0. The van der Waals surface area contributed by atoms with Gasteiger partial charge in [0.05, 0.1) is 0 Å². The first-order valence-corrected chi connectivity index (χ1v) is 7.16. The maximum absolute atomic E-state index is 12.3. The highest BCUT2D eigenvalue weighted by atomic mass is 16.5. The first kappa shape index (κ1) is 13.8. The van der Waals surface area contributed by atoms with E-state index in [0.29, 0.717) is 0 Å². The number of hydrogen-bond acceptors (Lipinski definition) is 3. The zero-order valence-corrected chi connectivity index (χ0v) is 12.2. The van der Waals surface area contributed by atoms with Gasteiger partial charge >= 0.3 is 5.97 Å². The van der Waals surface area contributed by atoms with Crippen molar-refractivity contribution >= 4 is 5.97 Å². The fraction of sp³-hybridized carbons (Fsp3) is 0.278. The third-order valence-electron chi connectivity index (χ3n) is 3.83. The average molecular weight is 281 g/mol. The lowest BCUT2D eigenvalue weighted by atomic mass is 10.0.